The highest BCUT2D eigenvalue weighted by atomic mass is 16.5. The quantitative estimate of drug-likeness (QED) is 0.133. The van der Waals surface area contributed by atoms with E-state index in [1.54, 1.807) is 0 Å². The van der Waals surface area contributed by atoms with Gasteiger partial charge in [0.15, 0.2) is 17.0 Å². The number of rotatable bonds is 11. The second-order valence-corrected chi connectivity index (χ2v) is 13.1. The average Bonchev–Trinajstić information content (AvgIpc) is 3.72. The number of hydrogen-bond acceptors (Lipinski definition) is 9. The zero-order valence-electron chi connectivity index (χ0n) is 26.8. The Kier molecular flexibility index (Phi) is 8.62. The predicted molar refractivity (Wildman–Crippen MR) is 177 cm³/mol. The molecule has 4 atom stereocenters. The summed E-state index contributed by atoms with van der Waals surface area (Å²) < 4.78 is 26.8. The molecule has 3 heterocycles. The van der Waals surface area contributed by atoms with Crippen LogP contribution in [-0.2, 0) is 32.9 Å². The van der Waals surface area contributed by atoms with Crippen LogP contribution in [0.4, 0.5) is 5.82 Å². The summed E-state index contributed by atoms with van der Waals surface area (Å²) in [6.07, 6.45) is 1.94. The van der Waals surface area contributed by atoms with Crippen LogP contribution in [0, 0.1) is 5.92 Å². The largest absolute Gasteiger partial charge is 0.459 e. The van der Waals surface area contributed by atoms with Crippen molar-refractivity contribution in [2.45, 2.75) is 64.1 Å². The van der Waals surface area contributed by atoms with Crippen molar-refractivity contribution in [2.75, 3.05) is 18.5 Å². The van der Waals surface area contributed by atoms with Crippen LogP contribution in [0.25, 0.3) is 11.2 Å². The van der Waals surface area contributed by atoms with Crippen LogP contribution in [0.1, 0.15) is 49.9 Å². The maximum absolute atomic E-state index is 12.7. The number of fused-ring (bicyclic) bond motifs is 5. The van der Waals surface area contributed by atoms with Gasteiger partial charge in [0.1, 0.15) is 24.7 Å². The summed E-state index contributed by atoms with van der Waals surface area (Å²) in [5.41, 5.74) is 4.60. The molecule has 1 aliphatic carbocycles. The minimum Gasteiger partial charge on any atom is -0.459 e. The maximum Gasteiger partial charge on any atom is 0.330 e. The average molecular weight is 634 g/mol. The molecule has 1 saturated carbocycles. The van der Waals surface area contributed by atoms with Gasteiger partial charge in [-0.25, -0.2) is 14.8 Å². The van der Waals surface area contributed by atoms with E-state index < -0.39 is 5.97 Å². The van der Waals surface area contributed by atoms with Gasteiger partial charge in [0.05, 0.1) is 32.0 Å². The fourth-order valence-electron chi connectivity index (χ4n) is 6.39. The summed E-state index contributed by atoms with van der Waals surface area (Å²) in [6, 6.07) is 28.3. The molecule has 0 spiro atoms. The topological polar surface area (TPSA) is 110 Å². The Balaban J connectivity index is 1.05. The van der Waals surface area contributed by atoms with Gasteiger partial charge in [-0.15, -0.1) is 0 Å². The van der Waals surface area contributed by atoms with Crippen molar-refractivity contribution in [2.24, 2.45) is 5.92 Å². The smallest absolute Gasteiger partial charge is 0.330 e. The van der Waals surface area contributed by atoms with E-state index in [0.717, 1.165) is 17.5 Å². The number of hydrogen-bond donors (Lipinski definition) is 1. The summed E-state index contributed by atoms with van der Waals surface area (Å²) in [4.78, 5) is 26.4. The van der Waals surface area contributed by atoms with Crippen LogP contribution >= 0.6 is 0 Å². The molecule has 242 valence electrons. The van der Waals surface area contributed by atoms with Crippen molar-refractivity contribution < 1.29 is 23.7 Å². The number of imidazole rings is 1. The van der Waals surface area contributed by atoms with E-state index in [4.69, 9.17) is 23.9 Å². The van der Waals surface area contributed by atoms with Crippen molar-refractivity contribution in [3.63, 3.8) is 0 Å². The predicted octanol–water partition coefficient (Wildman–Crippen LogP) is 6.27. The molecular weight excluding hydrogens is 594 g/mol. The molecular formula is C37H39N5O5. The molecule has 0 radical (unpaired) electrons. The maximum atomic E-state index is 12.7. The summed E-state index contributed by atoms with van der Waals surface area (Å²) in [5, 5.41) is 3.09. The van der Waals surface area contributed by atoms with E-state index in [1.165, 1.54) is 11.9 Å². The van der Waals surface area contributed by atoms with E-state index in [-0.39, 0.29) is 36.1 Å². The number of aromatic nitrogens is 4. The highest BCUT2D eigenvalue weighted by molar-refractivity contribution is 5.86. The van der Waals surface area contributed by atoms with Crippen LogP contribution in [0.5, 0.6) is 11.8 Å². The zero-order valence-corrected chi connectivity index (χ0v) is 26.8. The van der Waals surface area contributed by atoms with Gasteiger partial charge < -0.3 is 24.3 Å². The molecule has 7 rings (SSSR count). The minimum absolute atomic E-state index is 0.00385. The van der Waals surface area contributed by atoms with E-state index in [1.807, 2.05) is 65.2 Å². The van der Waals surface area contributed by atoms with Gasteiger partial charge in [-0.05, 0) is 40.7 Å². The Bertz CT molecular complexity index is 1820. The SMILES string of the molecule is CC(C)(C)c1ccc(OC(=O)CNc2ncnc3c2nc2n3[C@@H]3C[C@@H](OCc4ccccc4)[C@H](COCc4ccccc4)[C@@H]3O2)cc1. The first kappa shape index (κ1) is 30.8. The van der Waals surface area contributed by atoms with Gasteiger partial charge >= 0.3 is 5.97 Å². The summed E-state index contributed by atoms with van der Waals surface area (Å²) in [5.74, 6) is 0.493. The molecule has 0 saturated heterocycles. The number of anilines is 1. The molecule has 5 aromatic rings. The second-order valence-electron chi connectivity index (χ2n) is 13.1. The Labute approximate surface area is 274 Å². The summed E-state index contributed by atoms with van der Waals surface area (Å²) >= 11 is 0. The number of esters is 1. The summed E-state index contributed by atoms with van der Waals surface area (Å²) in [6.45, 7) is 7.84. The van der Waals surface area contributed by atoms with E-state index in [9.17, 15) is 4.79 Å². The molecule has 10 nitrogen and oxygen atoms in total. The first-order valence-corrected chi connectivity index (χ1v) is 16.1. The van der Waals surface area contributed by atoms with Crippen molar-refractivity contribution in [1.29, 1.82) is 0 Å². The van der Waals surface area contributed by atoms with Gasteiger partial charge in [0.25, 0.3) is 6.01 Å². The van der Waals surface area contributed by atoms with Crippen molar-refractivity contribution in [3.05, 3.63) is 108 Å². The van der Waals surface area contributed by atoms with Crippen LogP contribution < -0.4 is 14.8 Å². The lowest BCUT2D eigenvalue weighted by Crippen LogP contribution is -2.33. The number of carbonyl (C=O) groups excluding carboxylic acids is 1. The van der Waals surface area contributed by atoms with Gasteiger partial charge in [-0.3, -0.25) is 4.57 Å². The van der Waals surface area contributed by atoms with Gasteiger partial charge in [-0.1, -0.05) is 93.6 Å². The standard InChI is InChI=1S/C37H39N5O5/c1-37(2,3)26-14-16-27(17-15-26)46-31(43)19-38-34-32-35(40-23-39-34)42-29-18-30(45-21-25-12-8-5-9-13-25)28(33(29)47-36(42)41-32)22-44-20-24-10-6-4-7-11-24/h4-17,23,28-30,33H,18-22H2,1-3H3,(H,38,39,40)/t28-,29+,30+,33-/m0/s1. The Morgan fingerprint density at radius 2 is 1.64 bits per heavy atom. The highest BCUT2D eigenvalue weighted by Gasteiger charge is 2.52. The lowest BCUT2D eigenvalue weighted by molar-refractivity contribution is -0.132. The first-order valence-electron chi connectivity index (χ1n) is 16.1. The molecule has 2 aromatic heterocycles. The molecule has 47 heavy (non-hydrogen) atoms. The number of carbonyl (C=O) groups is 1. The molecule has 1 N–H and O–H groups in total. The van der Waals surface area contributed by atoms with Crippen molar-refractivity contribution >= 4 is 23.0 Å². The van der Waals surface area contributed by atoms with Crippen LogP contribution in [0.3, 0.4) is 0 Å². The first-order chi connectivity index (χ1) is 22.8. The van der Waals surface area contributed by atoms with E-state index in [2.05, 4.69) is 60.3 Å². The lowest BCUT2D eigenvalue weighted by atomic mass is 9.87. The highest BCUT2D eigenvalue weighted by Crippen LogP contribution is 2.48. The minimum atomic E-state index is -0.434. The second kappa shape index (κ2) is 13.1. The monoisotopic (exact) mass is 633 g/mol. The lowest BCUT2D eigenvalue weighted by Gasteiger charge is -2.23. The fraction of sp³-hybridized carbons (Fsp3) is 0.351. The Hall–Kier alpha value is -4.80. The number of benzene rings is 3. The van der Waals surface area contributed by atoms with Gasteiger partial charge in [-0.2, -0.15) is 4.98 Å². The fourth-order valence-corrected chi connectivity index (χ4v) is 6.39. The van der Waals surface area contributed by atoms with Crippen LogP contribution in [0.2, 0.25) is 0 Å². The van der Waals surface area contributed by atoms with Crippen LogP contribution in [-0.4, -0.2) is 50.8 Å². The molecule has 1 aliphatic heterocycles. The molecule has 0 unspecified atom stereocenters. The van der Waals surface area contributed by atoms with E-state index >= 15 is 0 Å². The number of ether oxygens (including phenoxy) is 4. The van der Waals surface area contributed by atoms with Gasteiger partial charge in [0.2, 0.25) is 0 Å². The van der Waals surface area contributed by atoms with Crippen molar-refractivity contribution in [3.8, 4) is 11.8 Å². The molecule has 2 aliphatic rings. The van der Waals surface area contributed by atoms with Gasteiger partial charge in [0, 0.05) is 5.92 Å². The number of nitrogens with one attached hydrogen (secondary N) is 1. The third kappa shape index (κ3) is 6.70. The summed E-state index contributed by atoms with van der Waals surface area (Å²) in [7, 11) is 0. The third-order valence-corrected chi connectivity index (χ3v) is 8.85. The van der Waals surface area contributed by atoms with Crippen molar-refractivity contribution in [1.82, 2.24) is 19.5 Å². The molecule has 1 fully saturated rings. The Morgan fingerprint density at radius 1 is 0.936 bits per heavy atom. The number of nitrogens with zero attached hydrogens (tertiary/aromatic N) is 4. The zero-order chi connectivity index (χ0) is 32.4. The Morgan fingerprint density at radius 3 is 2.34 bits per heavy atom. The third-order valence-electron chi connectivity index (χ3n) is 8.85. The van der Waals surface area contributed by atoms with E-state index in [0.29, 0.717) is 48.6 Å². The molecule has 10 heteroatoms. The normalized spacial score (nSPS) is 20.1. The molecule has 0 bridgehead atoms. The molecule has 3 aromatic carbocycles. The van der Waals surface area contributed by atoms with Crippen LogP contribution in [0.15, 0.2) is 91.3 Å². The molecule has 0 amide bonds.